The molecule has 4 saturated carbocycles. The van der Waals surface area contributed by atoms with Crippen molar-refractivity contribution in [2.75, 3.05) is 11.9 Å². The van der Waals surface area contributed by atoms with Crippen molar-refractivity contribution in [3.05, 3.63) is 48.3 Å². The molecule has 4 nitrogen and oxygen atoms in total. The summed E-state index contributed by atoms with van der Waals surface area (Å²) in [4.78, 5) is 18.0. The van der Waals surface area contributed by atoms with E-state index in [2.05, 4.69) is 46.8 Å². The predicted molar refractivity (Wildman–Crippen MR) is 131 cm³/mol. The highest BCUT2D eigenvalue weighted by Crippen LogP contribution is 2.55. The van der Waals surface area contributed by atoms with Gasteiger partial charge in [0.05, 0.1) is 5.56 Å². The minimum Gasteiger partial charge on any atom is -0.384 e. The average molecular weight is 432 g/mol. The molecule has 0 atom stereocenters. The van der Waals surface area contributed by atoms with Crippen LogP contribution in [-0.2, 0) is 0 Å². The number of hydrogen-bond donors (Lipinski definition) is 2. The van der Waals surface area contributed by atoms with Gasteiger partial charge in [-0.25, -0.2) is 0 Å². The molecule has 4 aliphatic carbocycles. The van der Waals surface area contributed by atoms with Crippen molar-refractivity contribution in [1.82, 2.24) is 10.3 Å². The molecule has 4 heteroatoms. The molecule has 0 saturated heterocycles. The second-order valence-electron chi connectivity index (χ2n) is 10.6. The number of carbonyl (C=O) groups excluding carboxylic acids is 1. The van der Waals surface area contributed by atoms with Crippen LogP contribution < -0.4 is 10.6 Å². The fourth-order valence-corrected chi connectivity index (χ4v) is 6.95. The number of nitrogens with one attached hydrogen (secondary N) is 2. The van der Waals surface area contributed by atoms with E-state index >= 15 is 0 Å². The minimum atomic E-state index is 0.0224. The van der Waals surface area contributed by atoms with Gasteiger partial charge in [-0.3, -0.25) is 9.78 Å². The number of rotatable bonds is 9. The standard InChI is InChI=1S/C28H37N3O/c1-2-3-4-5-11-30-26-9-8-23(24-7-6-10-29-19-24)15-25(26)27(32)31-28-16-20-12-21(17-28)14-22(13-20)18-28/h6-10,15,19-22,30H,2-5,11-14,16-18H2,1H3,(H,31,32). The Hall–Kier alpha value is -2.36. The van der Waals surface area contributed by atoms with E-state index in [9.17, 15) is 4.79 Å². The van der Waals surface area contributed by atoms with Crippen molar-refractivity contribution in [3.8, 4) is 11.1 Å². The van der Waals surface area contributed by atoms with Crippen molar-refractivity contribution < 1.29 is 4.79 Å². The van der Waals surface area contributed by atoms with Gasteiger partial charge in [-0.15, -0.1) is 0 Å². The summed E-state index contributed by atoms with van der Waals surface area (Å²) in [5.74, 6) is 2.55. The smallest absolute Gasteiger partial charge is 0.253 e. The molecule has 0 radical (unpaired) electrons. The van der Waals surface area contributed by atoms with Gasteiger partial charge in [0.2, 0.25) is 0 Å². The number of nitrogens with zero attached hydrogens (tertiary/aromatic N) is 1. The van der Waals surface area contributed by atoms with Gasteiger partial charge in [0.15, 0.2) is 0 Å². The summed E-state index contributed by atoms with van der Waals surface area (Å²) in [5.41, 5.74) is 3.85. The number of unbranched alkanes of at least 4 members (excludes halogenated alkanes) is 3. The van der Waals surface area contributed by atoms with E-state index in [4.69, 9.17) is 0 Å². The van der Waals surface area contributed by atoms with E-state index in [1.54, 1.807) is 6.20 Å². The van der Waals surface area contributed by atoms with Crippen LogP contribution in [-0.4, -0.2) is 23.0 Å². The fourth-order valence-electron chi connectivity index (χ4n) is 6.95. The lowest BCUT2D eigenvalue weighted by Gasteiger charge is -2.56. The summed E-state index contributed by atoms with van der Waals surface area (Å²) in [6, 6.07) is 10.2. The third-order valence-corrected chi connectivity index (χ3v) is 8.02. The van der Waals surface area contributed by atoms with Crippen LogP contribution in [0.4, 0.5) is 5.69 Å². The summed E-state index contributed by atoms with van der Waals surface area (Å²) < 4.78 is 0. The van der Waals surface area contributed by atoms with E-state index < -0.39 is 0 Å². The summed E-state index contributed by atoms with van der Waals surface area (Å²) in [7, 11) is 0. The average Bonchev–Trinajstić information content (AvgIpc) is 2.78. The summed E-state index contributed by atoms with van der Waals surface area (Å²) in [6.07, 6.45) is 16.2. The lowest BCUT2D eigenvalue weighted by Crippen LogP contribution is -2.59. The number of amides is 1. The largest absolute Gasteiger partial charge is 0.384 e. The molecule has 1 aromatic carbocycles. The molecule has 0 unspecified atom stereocenters. The van der Waals surface area contributed by atoms with E-state index in [-0.39, 0.29) is 11.4 Å². The van der Waals surface area contributed by atoms with Crippen LogP contribution in [0.15, 0.2) is 42.7 Å². The highest BCUT2D eigenvalue weighted by molar-refractivity contribution is 6.01. The van der Waals surface area contributed by atoms with Crippen molar-refractivity contribution in [1.29, 1.82) is 0 Å². The summed E-state index contributed by atoms with van der Waals surface area (Å²) in [6.45, 7) is 3.14. The quantitative estimate of drug-likeness (QED) is 0.449. The molecule has 1 amide bonds. The first kappa shape index (κ1) is 21.5. The molecule has 2 aromatic rings. The summed E-state index contributed by atoms with van der Waals surface area (Å²) >= 11 is 0. The molecule has 1 aromatic heterocycles. The van der Waals surface area contributed by atoms with E-state index in [1.807, 2.05) is 12.3 Å². The zero-order valence-corrected chi connectivity index (χ0v) is 19.4. The Morgan fingerprint density at radius 2 is 1.75 bits per heavy atom. The summed E-state index contributed by atoms with van der Waals surface area (Å²) in [5, 5.41) is 7.14. The molecule has 32 heavy (non-hydrogen) atoms. The molecule has 0 aliphatic heterocycles. The maximum atomic E-state index is 13.7. The van der Waals surface area contributed by atoms with Crippen molar-refractivity contribution >= 4 is 11.6 Å². The number of pyridine rings is 1. The first-order valence-corrected chi connectivity index (χ1v) is 12.7. The number of carbonyl (C=O) groups is 1. The zero-order chi connectivity index (χ0) is 22.0. The lowest BCUT2D eigenvalue weighted by molar-refractivity contribution is -0.0166. The molecule has 6 rings (SSSR count). The number of anilines is 1. The predicted octanol–water partition coefficient (Wildman–Crippen LogP) is 6.44. The fraction of sp³-hybridized carbons (Fsp3) is 0.571. The van der Waals surface area contributed by atoms with Crippen LogP contribution in [0.25, 0.3) is 11.1 Å². The maximum absolute atomic E-state index is 13.7. The topological polar surface area (TPSA) is 54.0 Å². The molecule has 0 spiro atoms. The third-order valence-electron chi connectivity index (χ3n) is 8.02. The van der Waals surface area contributed by atoms with E-state index in [0.29, 0.717) is 0 Å². The van der Waals surface area contributed by atoms with Crippen molar-refractivity contribution in [3.63, 3.8) is 0 Å². The molecular weight excluding hydrogens is 394 g/mol. The van der Waals surface area contributed by atoms with Gasteiger partial charge in [0, 0.05) is 35.7 Å². The van der Waals surface area contributed by atoms with Crippen LogP contribution in [0.5, 0.6) is 0 Å². The molecular formula is C28H37N3O. The van der Waals surface area contributed by atoms with Crippen LogP contribution in [0.1, 0.15) is 81.5 Å². The molecule has 1 heterocycles. The SMILES string of the molecule is CCCCCCNc1ccc(-c2cccnc2)cc1C(=O)NC12CC3CC(CC(C3)C1)C2. The minimum absolute atomic E-state index is 0.0224. The van der Waals surface area contributed by atoms with Gasteiger partial charge in [0.25, 0.3) is 5.91 Å². The van der Waals surface area contributed by atoms with Crippen LogP contribution in [0, 0.1) is 17.8 Å². The third kappa shape index (κ3) is 4.55. The van der Waals surface area contributed by atoms with Crippen molar-refractivity contribution in [2.45, 2.75) is 76.7 Å². The molecule has 2 N–H and O–H groups in total. The maximum Gasteiger partial charge on any atom is 0.253 e. The Morgan fingerprint density at radius 1 is 1.00 bits per heavy atom. The molecule has 4 aliphatic rings. The van der Waals surface area contributed by atoms with Crippen LogP contribution >= 0.6 is 0 Å². The Kier molecular flexibility index (Phi) is 6.21. The van der Waals surface area contributed by atoms with Gasteiger partial charge in [-0.1, -0.05) is 38.3 Å². The van der Waals surface area contributed by atoms with E-state index in [1.165, 1.54) is 57.8 Å². The Labute approximate surface area is 192 Å². The Bertz CT molecular complexity index is 904. The molecule has 4 bridgehead atoms. The number of benzene rings is 1. The second-order valence-corrected chi connectivity index (χ2v) is 10.6. The van der Waals surface area contributed by atoms with Gasteiger partial charge < -0.3 is 10.6 Å². The monoisotopic (exact) mass is 431 g/mol. The highest BCUT2D eigenvalue weighted by atomic mass is 16.1. The molecule has 4 fully saturated rings. The van der Waals surface area contributed by atoms with Crippen LogP contribution in [0.2, 0.25) is 0 Å². The number of aromatic nitrogens is 1. The van der Waals surface area contributed by atoms with Crippen LogP contribution in [0.3, 0.4) is 0 Å². The molecule has 170 valence electrons. The zero-order valence-electron chi connectivity index (χ0n) is 19.4. The Morgan fingerprint density at radius 3 is 2.41 bits per heavy atom. The first-order valence-electron chi connectivity index (χ1n) is 12.7. The normalized spacial score (nSPS) is 28.0. The van der Waals surface area contributed by atoms with Gasteiger partial charge >= 0.3 is 0 Å². The van der Waals surface area contributed by atoms with Gasteiger partial charge in [-0.2, -0.15) is 0 Å². The second kappa shape index (κ2) is 9.25. The number of hydrogen-bond acceptors (Lipinski definition) is 3. The van der Waals surface area contributed by atoms with Gasteiger partial charge in [0.1, 0.15) is 0 Å². The van der Waals surface area contributed by atoms with E-state index in [0.717, 1.165) is 53.1 Å². The highest BCUT2D eigenvalue weighted by Gasteiger charge is 2.51. The van der Waals surface area contributed by atoms with Gasteiger partial charge in [-0.05, 0) is 86.5 Å². The lowest BCUT2D eigenvalue weighted by atomic mass is 9.53. The van der Waals surface area contributed by atoms with Crippen molar-refractivity contribution in [2.24, 2.45) is 17.8 Å². The Balaban J connectivity index is 1.37. The first-order chi connectivity index (χ1) is 15.6.